The Labute approximate surface area is 211 Å². The van der Waals surface area contributed by atoms with Crippen LogP contribution in [0, 0.1) is 11.6 Å². The van der Waals surface area contributed by atoms with Gasteiger partial charge in [-0.25, -0.2) is 13.6 Å². The molecule has 4 aromatic rings. The van der Waals surface area contributed by atoms with Crippen molar-refractivity contribution in [3.8, 4) is 10.8 Å². The Bertz CT molecular complexity index is 1440. The molecular formula is C28H25F2N3O2S. The molecule has 3 heterocycles. The third kappa shape index (κ3) is 3.86. The molecule has 2 aliphatic rings. The van der Waals surface area contributed by atoms with E-state index in [0.29, 0.717) is 6.54 Å². The normalized spacial score (nSPS) is 16.5. The number of fused-ring (bicyclic) bond motifs is 5. The van der Waals surface area contributed by atoms with Gasteiger partial charge in [-0.1, -0.05) is 12.1 Å². The van der Waals surface area contributed by atoms with Gasteiger partial charge >= 0.3 is 6.03 Å². The second-order valence-corrected chi connectivity index (χ2v) is 10.2. The molecule has 0 saturated carbocycles. The number of thiophene rings is 1. The molecule has 184 valence electrons. The summed E-state index contributed by atoms with van der Waals surface area (Å²) in [6.07, 6.45) is 6.40. The van der Waals surface area contributed by atoms with E-state index in [9.17, 15) is 13.6 Å². The fourth-order valence-electron chi connectivity index (χ4n) is 5.30. The molecule has 8 heteroatoms. The van der Waals surface area contributed by atoms with Crippen LogP contribution in [0.2, 0.25) is 0 Å². The third-order valence-electron chi connectivity index (χ3n) is 7.04. The summed E-state index contributed by atoms with van der Waals surface area (Å²) in [5.41, 5.74) is 4.30. The number of hydrogen-bond donors (Lipinski definition) is 1. The lowest BCUT2D eigenvalue weighted by atomic mass is 9.95. The molecule has 2 aromatic heterocycles. The van der Waals surface area contributed by atoms with Crippen molar-refractivity contribution < 1.29 is 18.3 Å². The zero-order chi connectivity index (χ0) is 24.8. The van der Waals surface area contributed by atoms with Gasteiger partial charge < -0.3 is 19.5 Å². The van der Waals surface area contributed by atoms with Gasteiger partial charge in [-0.2, -0.15) is 0 Å². The lowest BCUT2D eigenvalue weighted by Crippen LogP contribution is -2.38. The van der Waals surface area contributed by atoms with Crippen LogP contribution in [0.4, 0.5) is 19.3 Å². The number of urea groups is 1. The van der Waals surface area contributed by atoms with Crippen LogP contribution in [-0.4, -0.2) is 22.6 Å². The number of nitrogens with one attached hydrogen (secondary N) is 1. The van der Waals surface area contributed by atoms with Gasteiger partial charge in [0.15, 0.2) is 0 Å². The van der Waals surface area contributed by atoms with Gasteiger partial charge in [0.25, 0.3) is 0 Å². The number of benzene rings is 2. The molecule has 2 aromatic carbocycles. The predicted molar refractivity (Wildman–Crippen MR) is 136 cm³/mol. The quantitative estimate of drug-likeness (QED) is 0.331. The predicted octanol–water partition coefficient (Wildman–Crippen LogP) is 6.84. The molecule has 6 rings (SSSR count). The third-order valence-corrected chi connectivity index (χ3v) is 8.38. The topological polar surface area (TPSA) is 46.5 Å². The van der Waals surface area contributed by atoms with Crippen molar-refractivity contribution in [3.05, 3.63) is 99.7 Å². The number of hydrogen-bond acceptors (Lipinski definition) is 3. The second kappa shape index (κ2) is 9.09. The van der Waals surface area contributed by atoms with Crippen LogP contribution in [0.1, 0.15) is 46.1 Å². The number of amides is 2. The van der Waals surface area contributed by atoms with E-state index < -0.39 is 23.7 Å². The van der Waals surface area contributed by atoms with Crippen LogP contribution in [-0.2, 0) is 19.4 Å². The Balaban J connectivity index is 1.48. The van der Waals surface area contributed by atoms with E-state index >= 15 is 0 Å². The van der Waals surface area contributed by atoms with Gasteiger partial charge in [-0.05, 0) is 73.2 Å². The van der Waals surface area contributed by atoms with E-state index in [1.54, 1.807) is 23.3 Å². The number of halogens is 2. The van der Waals surface area contributed by atoms with E-state index in [4.69, 9.17) is 4.74 Å². The average Bonchev–Trinajstić information content (AvgIpc) is 3.48. The first-order valence-corrected chi connectivity index (χ1v) is 12.8. The number of rotatable bonds is 3. The van der Waals surface area contributed by atoms with Gasteiger partial charge in [-0.15, -0.1) is 11.3 Å². The Hall–Kier alpha value is -3.65. The van der Waals surface area contributed by atoms with Crippen molar-refractivity contribution in [2.75, 3.05) is 12.4 Å². The minimum Gasteiger partial charge on any atom is -0.497 e. The van der Waals surface area contributed by atoms with E-state index in [0.717, 1.165) is 59.0 Å². The number of carbonyl (C=O) groups is 1. The van der Waals surface area contributed by atoms with Crippen molar-refractivity contribution in [2.24, 2.45) is 0 Å². The molecule has 1 aliphatic carbocycles. The van der Waals surface area contributed by atoms with Crippen LogP contribution in [0.5, 0.6) is 5.75 Å². The van der Waals surface area contributed by atoms with Gasteiger partial charge in [0.2, 0.25) is 0 Å². The Morgan fingerprint density at radius 3 is 2.64 bits per heavy atom. The van der Waals surface area contributed by atoms with Gasteiger partial charge in [0, 0.05) is 22.7 Å². The summed E-state index contributed by atoms with van der Waals surface area (Å²) >= 11 is 1.81. The molecule has 0 radical (unpaired) electrons. The Morgan fingerprint density at radius 2 is 1.86 bits per heavy atom. The van der Waals surface area contributed by atoms with Crippen LogP contribution >= 0.6 is 11.3 Å². The molecule has 0 spiro atoms. The smallest absolute Gasteiger partial charge is 0.323 e. The Kier molecular flexibility index (Phi) is 5.76. The number of anilines is 1. The van der Waals surface area contributed by atoms with E-state index in [1.807, 2.05) is 42.6 Å². The maximum Gasteiger partial charge on any atom is 0.323 e. The lowest BCUT2D eigenvalue weighted by Gasteiger charge is -2.31. The highest BCUT2D eigenvalue weighted by molar-refractivity contribution is 7.15. The summed E-state index contributed by atoms with van der Waals surface area (Å²) in [5.74, 6) is -0.778. The lowest BCUT2D eigenvalue weighted by molar-refractivity contribution is 0.194. The van der Waals surface area contributed by atoms with Crippen molar-refractivity contribution in [1.29, 1.82) is 0 Å². The minimum atomic E-state index is -0.809. The van der Waals surface area contributed by atoms with Gasteiger partial charge in [-0.3, -0.25) is 0 Å². The summed E-state index contributed by atoms with van der Waals surface area (Å²) in [5, 5.41) is 3.84. The molecule has 2 amide bonds. The zero-order valence-electron chi connectivity index (χ0n) is 19.8. The van der Waals surface area contributed by atoms with Gasteiger partial charge in [0.1, 0.15) is 22.4 Å². The number of methoxy groups -OCH3 is 1. The summed E-state index contributed by atoms with van der Waals surface area (Å²) in [7, 11) is 1.62. The van der Waals surface area contributed by atoms with Crippen LogP contribution in [0.3, 0.4) is 0 Å². The number of ether oxygens (including phenoxy) is 1. The highest BCUT2D eigenvalue weighted by atomic mass is 32.1. The summed E-state index contributed by atoms with van der Waals surface area (Å²) < 4.78 is 35.5. The van der Waals surface area contributed by atoms with Crippen molar-refractivity contribution in [1.82, 2.24) is 9.47 Å². The Morgan fingerprint density at radius 1 is 1.06 bits per heavy atom. The monoisotopic (exact) mass is 505 g/mol. The SMILES string of the molecule is COc1ccc([C@H]2c3cccn3-c3sc4c(c3CN2C(=O)Nc2ccc(F)cc2F)CCCC4)cc1. The van der Waals surface area contributed by atoms with E-state index in [1.165, 1.54) is 22.9 Å². The van der Waals surface area contributed by atoms with Crippen LogP contribution < -0.4 is 10.1 Å². The van der Waals surface area contributed by atoms with Crippen LogP contribution in [0.25, 0.3) is 5.00 Å². The fraction of sp³-hybridized carbons (Fsp3) is 0.250. The average molecular weight is 506 g/mol. The van der Waals surface area contributed by atoms with Gasteiger partial charge in [0.05, 0.1) is 31.1 Å². The molecule has 1 N–H and O–H groups in total. The molecule has 1 atom stereocenters. The first kappa shape index (κ1) is 22.8. The maximum absolute atomic E-state index is 14.5. The number of nitrogens with zero attached hydrogens (tertiary/aromatic N) is 2. The van der Waals surface area contributed by atoms with Crippen LogP contribution in [0.15, 0.2) is 60.8 Å². The van der Waals surface area contributed by atoms with Crippen molar-refractivity contribution in [2.45, 2.75) is 38.3 Å². The summed E-state index contributed by atoms with van der Waals surface area (Å²) in [4.78, 5) is 17.0. The molecule has 0 saturated heterocycles. The van der Waals surface area contributed by atoms with E-state index in [2.05, 4.69) is 9.88 Å². The molecule has 0 fully saturated rings. The van der Waals surface area contributed by atoms with Crippen molar-refractivity contribution in [3.63, 3.8) is 0 Å². The largest absolute Gasteiger partial charge is 0.497 e. The molecule has 1 aliphatic heterocycles. The standard InChI is InChI=1S/C28H25F2N3O2S/c1-35-19-11-8-17(9-12-19)26-24-6-4-14-32(24)27-21(20-5-2-3-7-25(20)36-27)16-33(26)28(34)31-23-13-10-18(29)15-22(23)30/h4,6,8-15,26H,2-3,5,7,16H2,1H3,(H,31,34)/t26-/m0/s1. The van der Waals surface area contributed by atoms with Crippen molar-refractivity contribution >= 4 is 23.1 Å². The van der Waals surface area contributed by atoms with E-state index in [-0.39, 0.29) is 5.69 Å². The summed E-state index contributed by atoms with van der Waals surface area (Å²) in [6.45, 7) is 0.383. The molecule has 0 bridgehead atoms. The molecule has 0 unspecified atom stereocenters. The summed E-state index contributed by atoms with van der Waals surface area (Å²) in [6, 6.07) is 14.0. The number of carbonyl (C=O) groups excluding carboxylic acids is 1. The molecule has 5 nitrogen and oxygen atoms in total. The second-order valence-electron chi connectivity index (χ2n) is 9.16. The number of aromatic nitrogens is 1. The highest BCUT2D eigenvalue weighted by Crippen LogP contribution is 2.44. The first-order chi connectivity index (χ1) is 17.5. The number of aryl methyl sites for hydroxylation is 1. The minimum absolute atomic E-state index is 0.0536. The molecular weight excluding hydrogens is 480 g/mol. The highest BCUT2D eigenvalue weighted by Gasteiger charge is 2.36. The zero-order valence-corrected chi connectivity index (χ0v) is 20.6. The maximum atomic E-state index is 14.5. The fourth-order valence-corrected chi connectivity index (χ4v) is 6.71. The first-order valence-electron chi connectivity index (χ1n) is 12.0. The molecule has 36 heavy (non-hydrogen) atoms.